The molecule has 0 spiro atoms. The van der Waals surface area contributed by atoms with Crippen molar-refractivity contribution in [3.8, 4) is 0 Å². The maximum atomic E-state index is 8.54. The van der Waals surface area contributed by atoms with E-state index in [0.717, 1.165) is 5.56 Å². The first-order valence-electron chi connectivity index (χ1n) is 2.96. The number of aliphatic hydroxyl groups is 1. The average Bonchev–Trinajstić information content (AvgIpc) is 2.08. The van der Waals surface area contributed by atoms with Gasteiger partial charge in [-0.15, -0.1) is 0 Å². The van der Waals surface area contributed by atoms with Crippen molar-refractivity contribution in [3.63, 3.8) is 0 Å². The monoisotopic (exact) mass is 172 g/mol. The van der Waals surface area contributed by atoms with Gasteiger partial charge in [0.15, 0.2) is 0 Å². The van der Waals surface area contributed by atoms with E-state index in [9.17, 15) is 0 Å². The fourth-order valence-corrected chi connectivity index (χ4v) is 0.583. The molecule has 0 aliphatic carbocycles. The molecule has 0 saturated heterocycles. The van der Waals surface area contributed by atoms with E-state index in [1.165, 1.54) is 0 Å². The first kappa shape index (κ1) is 10.2. The molecule has 1 aromatic carbocycles. The van der Waals surface area contributed by atoms with Crippen molar-refractivity contribution < 1.29 is 14.6 Å². The SMILES string of the molecule is O=PO.OCc1ccccc1. The number of hydrogen-bond donors (Lipinski definition) is 2. The summed E-state index contributed by atoms with van der Waals surface area (Å²) in [5.74, 6) is 0. The number of hydrogen-bond acceptors (Lipinski definition) is 2. The largest absolute Gasteiger partial charge is 0.392 e. The van der Waals surface area contributed by atoms with E-state index < -0.39 is 8.69 Å². The van der Waals surface area contributed by atoms with Crippen LogP contribution in [0.3, 0.4) is 0 Å². The second kappa shape index (κ2) is 7.35. The topological polar surface area (TPSA) is 57.5 Å². The van der Waals surface area contributed by atoms with Crippen LogP contribution in [0.25, 0.3) is 0 Å². The third kappa shape index (κ3) is 5.67. The van der Waals surface area contributed by atoms with Gasteiger partial charge in [-0.25, -0.2) is 4.57 Å². The summed E-state index contributed by atoms with van der Waals surface area (Å²) in [6.45, 7) is 0.140. The maximum Gasteiger partial charge on any atom is 0.324 e. The fraction of sp³-hybridized carbons (Fsp3) is 0.143. The Morgan fingerprint density at radius 1 is 1.27 bits per heavy atom. The Kier molecular flexibility index (Phi) is 6.84. The lowest BCUT2D eigenvalue weighted by Crippen LogP contribution is -1.77. The van der Waals surface area contributed by atoms with Gasteiger partial charge < -0.3 is 10.00 Å². The minimum Gasteiger partial charge on any atom is -0.392 e. The summed E-state index contributed by atoms with van der Waals surface area (Å²) in [5.41, 5.74) is 0.965. The van der Waals surface area contributed by atoms with E-state index in [1.807, 2.05) is 30.3 Å². The van der Waals surface area contributed by atoms with Crippen LogP contribution in [0.4, 0.5) is 0 Å². The van der Waals surface area contributed by atoms with Crippen LogP contribution >= 0.6 is 8.69 Å². The molecule has 1 rings (SSSR count). The molecule has 0 atom stereocenters. The highest BCUT2D eigenvalue weighted by atomic mass is 31.1. The molecule has 3 nitrogen and oxygen atoms in total. The minimum atomic E-state index is -0.833. The third-order valence-electron chi connectivity index (χ3n) is 1.03. The van der Waals surface area contributed by atoms with Gasteiger partial charge in [0.1, 0.15) is 0 Å². The predicted octanol–water partition coefficient (Wildman–Crippen LogP) is 1.36. The molecule has 0 amide bonds. The summed E-state index contributed by atoms with van der Waals surface area (Å²) in [5, 5.41) is 8.54. The summed E-state index contributed by atoms with van der Waals surface area (Å²) < 4.78 is 8.46. The van der Waals surface area contributed by atoms with Gasteiger partial charge in [-0.05, 0) is 5.56 Å². The molecule has 0 aliphatic heterocycles. The molecule has 0 aliphatic rings. The van der Waals surface area contributed by atoms with Crippen molar-refractivity contribution in [3.05, 3.63) is 35.9 Å². The highest BCUT2D eigenvalue weighted by Gasteiger charge is 1.81. The molecule has 0 heterocycles. The van der Waals surface area contributed by atoms with Crippen LogP contribution in [0.2, 0.25) is 0 Å². The van der Waals surface area contributed by atoms with E-state index in [0.29, 0.717) is 0 Å². The molecule has 0 radical (unpaired) electrons. The summed E-state index contributed by atoms with van der Waals surface area (Å²) in [6, 6.07) is 9.52. The summed E-state index contributed by atoms with van der Waals surface area (Å²) in [4.78, 5) is 6.99. The summed E-state index contributed by atoms with van der Waals surface area (Å²) >= 11 is 0. The molecular formula is C7H9O3P. The zero-order valence-corrected chi connectivity index (χ0v) is 6.74. The standard InChI is InChI=1S/C7H8O.HO2P/c8-6-7-4-2-1-3-5-7;1-3-2/h1-5,8H,6H2;(H,1,2). The fourth-order valence-electron chi connectivity index (χ4n) is 0.583. The van der Waals surface area contributed by atoms with Crippen LogP contribution in [-0.4, -0.2) is 10.00 Å². The molecule has 1 aromatic rings. The van der Waals surface area contributed by atoms with Crippen molar-refractivity contribution in [1.82, 2.24) is 0 Å². The Labute approximate surface area is 66.6 Å². The second-order valence-corrected chi connectivity index (χ2v) is 1.89. The lowest BCUT2D eigenvalue weighted by atomic mass is 10.2. The summed E-state index contributed by atoms with van der Waals surface area (Å²) in [7, 11) is -0.833. The van der Waals surface area contributed by atoms with Crippen LogP contribution < -0.4 is 0 Å². The van der Waals surface area contributed by atoms with E-state index in [2.05, 4.69) is 0 Å². The predicted molar refractivity (Wildman–Crippen MR) is 42.2 cm³/mol. The van der Waals surface area contributed by atoms with Crippen LogP contribution in [0.5, 0.6) is 0 Å². The lowest BCUT2D eigenvalue weighted by Gasteiger charge is -1.89. The molecular weight excluding hydrogens is 163 g/mol. The van der Waals surface area contributed by atoms with Crippen molar-refractivity contribution in [2.24, 2.45) is 0 Å². The Morgan fingerprint density at radius 2 is 1.73 bits per heavy atom. The first-order valence-corrected chi connectivity index (χ1v) is 3.73. The van der Waals surface area contributed by atoms with E-state index in [4.69, 9.17) is 14.6 Å². The number of rotatable bonds is 1. The number of benzene rings is 1. The molecule has 0 saturated carbocycles. The van der Waals surface area contributed by atoms with Crippen molar-refractivity contribution >= 4 is 8.69 Å². The molecule has 0 fully saturated rings. The lowest BCUT2D eigenvalue weighted by molar-refractivity contribution is 0.282. The smallest absolute Gasteiger partial charge is 0.324 e. The van der Waals surface area contributed by atoms with Crippen LogP contribution in [-0.2, 0) is 11.2 Å². The Balaban J connectivity index is 0.000000292. The molecule has 11 heavy (non-hydrogen) atoms. The van der Waals surface area contributed by atoms with Crippen LogP contribution in [0.1, 0.15) is 5.56 Å². The Bertz CT molecular complexity index is 188. The molecule has 0 bridgehead atoms. The normalized spacial score (nSPS) is 8.55. The van der Waals surface area contributed by atoms with Crippen LogP contribution in [0, 0.1) is 0 Å². The highest BCUT2D eigenvalue weighted by molar-refractivity contribution is 7.16. The van der Waals surface area contributed by atoms with Crippen molar-refractivity contribution in [1.29, 1.82) is 0 Å². The quantitative estimate of drug-likeness (QED) is 0.629. The molecule has 4 heteroatoms. The molecule has 2 N–H and O–H groups in total. The average molecular weight is 172 g/mol. The molecule has 60 valence electrons. The summed E-state index contributed by atoms with van der Waals surface area (Å²) in [6.07, 6.45) is 0. The van der Waals surface area contributed by atoms with Crippen molar-refractivity contribution in [2.75, 3.05) is 0 Å². The van der Waals surface area contributed by atoms with Gasteiger partial charge in [0.25, 0.3) is 0 Å². The Hall–Kier alpha value is -0.760. The Morgan fingerprint density at radius 3 is 2.00 bits per heavy atom. The van der Waals surface area contributed by atoms with Gasteiger partial charge in [0.2, 0.25) is 0 Å². The van der Waals surface area contributed by atoms with Gasteiger partial charge in [-0.3, -0.25) is 0 Å². The minimum absolute atomic E-state index is 0.140. The zero-order valence-electron chi connectivity index (χ0n) is 5.84. The van der Waals surface area contributed by atoms with Gasteiger partial charge in [0, 0.05) is 0 Å². The van der Waals surface area contributed by atoms with E-state index >= 15 is 0 Å². The van der Waals surface area contributed by atoms with Crippen molar-refractivity contribution in [2.45, 2.75) is 6.61 Å². The van der Waals surface area contributed by atoms with Crippen LogP contribution in [0.15, 0.2) is 30.3 Å². The first-order chi connectivity index (χ1) is 5.35. The molecule has 0 aromatic heterocycles. The zero-order chi connectivity index (χ0) is 8.53. The second-order valence-electron chi connectivity index (χ2n) is 1.73. The molecule has 0 unspecified atom stereocenters. The highest BCUT2D eigenvalue weighted by Crippen LogP contribution is 1.95. The third-order valence-corrected chi connectivity index (χ3v) is 1.03. The van der Waals surface area contributed by atoms with Gasteiger partial charge in [0.05, 0.1) is 6.61 Å². The van der Waals surface area contributed by atoms with E-state index in [-0.39, 0.29) is 6.61 Å². The van der Waals surface area contributed by atoms with Gasteiger partial charge in [-0.2, -0.15) is 0 Å². The van der Waals surface area contributed by atoms with Gasteiger partial charge in [-0.1, -0.05) is 30.3 Å². The van der Waals surface area contributed by atoms with E-state index in [1.54, 1.807) is 0 Å². The maximum absolute atomic E-state index is 8.54. The van der Waals surface area contributed by atoms with Gasteiger partial charge >= 0.3 is 8.69 Å². The number of aliphatic hydroxyl groups excluding tert-OH is 1.